The second-order valence-electron chi connectivity index (χ2n) is 4.36. The van der Waals surface area contributed by atoms with E-state index in [-0.39, 0.29) is 19.2 Å². The minimum Gasteiger partial charge on any atom is -0.395 e. The highest BCUT2D eigenvalue weighted by molar-refractivity contribution is 5.89. The molecule has 1 aromatic rings. The zero-order valence-electron chi connectivity index (χ0n) is 11.2. The Morgan fingerprint density at radius 3 is 2.79 bits per heavy atom. The lowest BCUT2D eigenvalue weighted by molar-refractivity contribution is 0.187. The molecule has 0 atom stereocenters. The van der Waals surface area contributed by atoms with Gasteiger partial charge in [-0.25, -0.2) is 9.18 Å². The van der Waals surface area contributed by atoms with Crippen LogP contribution in [0.25, 0.3) is 0 Å². The number of carbonyl (C=O) groups excluding carboxylic acids is 1. The summed E-state index contributed by atoms with van der Waals surface area (Å²) in [6.07, 6.45) is 3.00. The summed E-state index contributed by atoms with van der Waals surface area (Å²) in [6, 6.07) is 5.45. The normalized spacial score (nSPS) is 10.3. The Morgan fingerprint density at radius 2 is 2.16 bits per heavy atom. The number of benzene rings is 1. The Labute approximate surface area is 113 Å². The molecule has 0 heterocycles. The first-order chi connectivity index (χ1) is 9.17. The highest BCUT2D eigenvalue weighted by Crippen LogP contribution is 2.10. The number of nitrogens with one attached hydrogen (secondary N) is 1. The quantitative estimate of drug-likeness (QED) is 0.747. The van der Waals surface area contributed by atoms with Gasteiger partial charge >= 0.3 is 6.03 Å². The Balaban J connectivity index is 2.55. The minimum atomic E-state index is -0.391. The number of hydrogen-bond donors (Lipinski definition) is 2. The highest BCUT2D eigenvalue weighted by atomic mass is 19.1. The Bertz CT molecular complexity index is 399. The third kappa shape index (κ3) is 5.70. The average molecular weight is 268 g/mol. The van der Waals surface area contributed by atoms with Crippen LogP contribution in [-0.2, 0) is 0 Å². The summed E-state index contributed by atoms with van der Waals surface area (Å²) in [5.41, 5.74) is 0.420. The average Bonchev–Trinajstić information content (AvgIpc) is 2.38. The fourth-order valence-corrected chi connectivity index (χ4v) is 1.76. The molecule has 2 amide bonds. The van der Waals surface area contributed by atoms with E-state index in [1.54, 1.807) is 17.0 Å². The predicted octanol–water partition coefficient (Wildman–Crippen LogP) is 2.84. The number of anilines is 1. The number of urea groups is 1. The van der Waals surface area contributed by atoms with Crippen LogP contribution in [-0.4, -0.2) is 35.7 Å². The fraction of sp³-hybridized carbons (Fsp3) is 0.500. The van der Waals surface area contributed by atoms with Crippen molar-refractivity contribution < 1.29 is 14.3 Å². The molecular formula is C14H21FN2O2. The molecule has 0 bridgehead atoms. The first-order valence-electron chi connectivity index (χ1n) is 6.59. The first kappa shape index (κ1) is 15.4. The number of nitrogens with zero attached hydrogens (tertiary/aromatic N) is 1. The second-order valence-corrected chi connectivity index (χ2v) is 4.36. The van der Waals surface area contributed by atoms with Gasteiger partial charge in [0, 0.05) is 18.8 Å². The molecule has 0 fully saturated rings. The topological polar surface area (TPSA) is 52.6 Å². The van der Waals surface area contributed by atoms with Crippen LogP contribution in [0.2, 0.25) is 0 Å². The van der Waals surface area contributed by atoms with Gasteiger partial charge in [-0.15, -0.1) is 0 Å². The van der Waals surface area contributed by atoms with Gasteiger partial charge in [-0.2, -0.15) is 0 Å². The minimum absolute atomic E-state index is 0.0807. The van der Waals surface area contributed by atoms with Crippen LogP contribution in [0.4, 0.5) is 14.9 Å². The molecule has 2 N–H and O–H groups in total. The lowest BCUT2D eigenvalue weighted by Crippen LogP contribution is -2.37. The van der Waals surface area contributed by atoms with E-state index in [1.807, 2.05) is 0 Å². The third-order valence-electron chi connectivity index (χ3n) is 2.76. The second kappa shape index (κ2) is 8.48. The van der Waals surface area contributed by atoms with Gasteiger partial charge in [-0.05, 0) is 24.6 Å². The number of amides is 2. The van der Waals surface area contributed by atoms with E-state index in [0.29, 0.717) is 12.2 Å². The molecule has 5 heteroatoms. The number of rotatable bonds is 7. The largest absolute Gasteiger partial charge is 0.395 e. The number of halogens is 1. The van der Waals surface area contributed by atoms with E-state index in [0.717, 1.165) is 19.3 Å². The monoisotopic (exact) mass is 268 g/mol. The zero-order valence-corrected chi connectivity index (χ0v) is 11.2. The van der Waals surface area contributed by atoms with Crippen LogP contribution in [0.5, 0.6) is 0 Å². The van der Waals surface area contributed by atoms with Crippen molar-refractivity contribution in [2.45, 2.75) is 26.2 Å². The predicted molar refractivity (Wildman–Crippen MR) is 73.6 cm³/mol. The molecule has 4 nitrogen and oxygen atoms in total. The SMILES string of the molecule is CCCCCN(CCO)C(=O)Nc1cccc(F)c1. The first-order valence-corrected chi connectivity index (χ1v) is 6.59. The number of carbonyl (C=O) groups is 1. The van der Waals surface area contributed by atoms with E-state index >= 15 is 0 Å². The molecule has 0 aliphatic heterocycles. The van der Waals surface area contributed by atoms with Crippen LogP contribution in [0.3, 0.4) is 0 Å². The molecule has 1 aromatic carbocycles. The Morgan fingerprint density at radius 1 is 1.37 bits per heavy atom. The lowest BCUT2D eigenvalue weighted by atomic mass is 10.2. The van der Waals surface area contributed by atoms with Crippen molar-refractivity contribution in [1.82, 2.24) is 4.90 Å². The van der Waals surface area contributed by atoms with Crippen molar-refractivity contribution >= 4 is 11.7 Å². The van der Waals surface area contributed by atoms with E-state index in [4.69, 9.17) is 5.11 Å². The van der Waals surface area contributed by atoms with Crippen molar-refractivity contribution in [3.05, 3.63) is 30.1 Å². The molecule has 0 radical (unpaired) electrons. The maximum absolute atomic E-state index is 13.0. The maximum atomic E-state index is 13.0. The molecule has 0 saturated heterocycles. The smallest absolute Gasteiger partial charge is 0.321 e. The summed E-state index contributed by atoms with van der Waals surface area (Å²) >= 11 is 0. The Kier molecular flexibility index (Phi) is 6.89. The van der Waals surface area contributed by atoms with E-state index < -0.39 is 5.82 Å². The van der Waals surface area contributed by atoms with Gasteiger partial charge in [0.2, 0.25) is 0 Å². The molecule has 0 unspecified atom stereocenters. The summed E-state index contributed by atoms with van der Waals surface area (Å²) in [7, 11) is 0. The molecule has 0 saturated carbocycles. The summed E-state index contributed by atoms with van der Waals surface area (Å²) in [5, 5.41) is 11.6. The van der Waals surface area contributed by atoms with Gasteiger partial charge in [-0.1, -0.05) is 25.8 Å². The standard InChI is InChI=1S/C14H21FN2O2/c1-2-3-4-8-17(9-10-18)14(19)16-13-7-5-6-12(15)11-13/h5-7,11,18H,2-4,8-10H2,1H3,(H,16,19). The number of aliphatic hydroxyl groups is 1. The van der Waals surface area contributed by atoms with Crippen molar-refractivity contribution in [1.29, 1.82) is 0 Å². The van der Waals surface area contributed by atoms with Crippen molar-refractivity contribution in [3.8, 4) is 0 Å². The summed E-state index contributed by atoms with van der Waals surface area (Å²) in [6.45, 7) is 2.88. The van der Waals surface area contributed by atoms with E-state index in [9.17, 15) is 9.18 Å². The van der Waals surface area contributed by atoms with Crippen molar-refractivity contribution in [2.75, 3.05) is 25.0 Å². The number of aliphatic hydroxyl groups excluding tert-OH is 1. The summed E-state index contributed by atoms with van der Waals surface area (Å²) in [5.74, 6) is -0.391. The van der Waals surface area contributed by atoms with Crippen LogP contribution < -0.4 is 5.32 Å². The van der Waals surface area contributed by atoms with Crippen LogP contribution in [0.1, 0.15) is 26.2 Å². The van der Waals surface area contributed by atoms with Gasteiger partial charge < -0.3 is 15.3 Å². The van der Waals surface area contributed by atoms with Gasteiger partial charge in [0.15, 0.2) is 0 Å². The maximum Gasteiger partial charge on any atom is 0.321 e. The van der Waals surface area contributed by atoms with Crippen LogP contribution in [0, 0.1) is 5.82 Å². The molecule has 0 aliphatic rings. The molecule has 1 rings (SSSR count). The molecular weight excluding hydrogens is 247 g/mol. The summed E-state index contributed by atoms with van der Waals surface area (Å²) < 4.78 is 13.0. The Hall–Kier alpha value is -1.62. The van der Waals surface area contributed by atoms with Gasteiger partial charge in [-0.3, -0.25) is 0 Å². The molecule has 106 valence electrons. The van der Waals surface area contributed by atoms with Crippen molar-refractivity contribution in [3.63, 3.8) is 0 Å². The fourth-order valence-electron chi connectivity index (χ4n) is 1.76. The summed E-state index contributed by atoms with van der Waals surface area (Å²) in [4.78, 5) is 13.5. The molecule has 19 heavy (non-hydrogen) atoms. The van der Waals surface area contributed by atoms with E-state index in [2.05, 4.69) is 12.2 Å². The highest BCUT2D eigenvalue weighted by Gasteiger charge is 2.12. The van der Waals surface area contributed by atoms with Crippen LogP contribution in [0.15, 0.2) is 24.3 Å². The third-order valence-corrected chi connectivity index (χ3v) is 2.76. The number of hydrogen-bond acceptors (Lipinski definition) is 2. The zero-order chi connectivity index (χ0) is 14.1. The van der Waals surface area contributed by atoms with Gasteiger partial charge in [0.25, 0.3) is 0 Å². The van der Waals surface area contributed by atoms with Crippen molar-refractivity contribution in [2.24, 2.45) is 0 Å². The molecule has 0 aliphatic carbocycles. The molecule has 0 aromatic heterocycles. The van der Waals surface area contributed by atoms with Gasteiger partial charge in [0.05, 0.1) is 6.61 Å². The molecule has 0 spiro atoms. The number of unbranched alkanes of at least 4 members (excludes halogenated alkanes) is 2. The van der Waals surface area contributed by atoms with E-state index in [1.165, 1.54) is 12.1 Å². The van der Waals surface area contributed by atoms with Gasteiger partial charge in [0.1, 0.15) is 5.82 Å². The van der Waals surface area contributed by atoms with Crippen LogP contribution >= 0.6 is 0 Å². The lowest BCUT2D eigenvalue weighted by Gasteiger charge is -2.22.